The number of rotatable bonds is 4. The molecule has 1 aliphatic carbocycles. The van der Waals surface area contributed by atoms with Crippen molar-refractivity contribution in [3.05, 3.63) is 47.9 Å². The largest absolute Gasteiger partial charge is 0.348 e. The van der Waals surface area contributed by atoms with Gasteiger partial charge in [0.05, 0.1) is 16.3 Å². The predicted molar refractivity (Wildman–Crippen MR) is 116 cm³/mol. The van der Waals surface area contributed by atoms with Crippen LogP contribution in [-0.2, 0) is 0 Å². The summed E-state index contributed by atoms with van der Waals surface area (Å²) in [6.45, 7) is 6.69. The van der Waals surface area contributed by atoms with Gasteiger partial charge < -0.3 is 4.90 Å². The molecular weight excluding hydrogens is 364 g/mol. The first-order chi connectivity index (χ1) is 13.7. The first-order valence-electron chi connectivity index (χ1n) is 10.3. The van der Waals surface area contributed by atoms with E-state index in [1.165, 1.54) is 47.3 Å². The molecule has 2 fully saturated rings. The van der Waals surface area contributed by atoms with Gasteiger partial charge in [-0.2, -0.15) is 0 Å². The second-order valence-electron chi connectivity index (χ2n) is 8.31. The SMILES string of the molecule is Cc1cccc(-c2nc(N3CCC(C)CC3)sc2-c2ncncc2C2CC2)c1. The van der Waals surface area contributed by atoms with Crippen LogP contribution in [0.4, 0.5) is 5.13 Å². The summed E-state index contributed by atoms with van der Waals surface area (Å²) in [5.41, 5.74) is 5.89. The Bertz CT molecular complexity index is 984. The first kappa shape index (κ1) is 17.8. The highest BCUT2D eigenvalue weighted by Crippen LogP contribution is 2.47. The van der Waals surface area contributed by atoms with Gasteiger partial charge in [0.15, 0.2) is 5.13 Å². The van der Waals surface area contributed by atoms with Crippen LogP contribution in [0.15, 0.2) is 36.8 Å². The maximum Gasteiger partial charge on any atom is 0.186 e. The topological polar surface area (TPSA) is 41.9 Å². The Labute approximate surface area is 170 Å². The maximum atomic E-state index is 5.15. The van der Waals surface area contributed by atoms with Gasteiger partial charge in [-0.3, -0.25) is 0 Å². The van der Waals surface area contributed by atoms with Crippen molar-refractivity contribution in [2.45, 2.75) is 45.4 Å². The molecule has 0 N–H and O–H groups in total. The molecule has 5 heteroatoms. The third kappa shape index (κ3) is 3.44. The molecule has 28 heavy (non-hydrogen) atoms. The molecule has 0 unspecified atom stereocenters. The van der Waals surface area contributed by atoms with Crippen LogP contribution in [0.5, 0.6) is 0 Å². The van der Waals surface area contributed by atoms with Gasteiger partial charge >= 0.3 is 0 Å². The van der Waals surface area contributed by atoms with Crippen molar-refractivity contribution >= 4 is 16.5 Å². The zero-order valence-corrected chi connectivity index (χ0v) is 17.4. The molecule has 0 radical (unpaired) electrons. The number of aryl methyl sites for hydroxylation is 1. The van der Waals surface area contributed by atoms with Crippen LogP contribution < -0.4 is 4.90 Å². The number of piperidine rings is 1. The highest BCUT2D eigenvalue weighted by molar-refractivity contribution is 7.19. The van der Waals surface area contributed by atoms with E-state index in [1.54, 1.807) is 17.7 Å². The summed E-state index contributed by atoms with van der Waals surface area (Å²) in [7, 11) is 0. The molecule has 0 bridgehead atoms. The van der Waals surface area contributed by atoms with Crippen molar-refractivity contribution in [2.75, 3.05) is 18.0 Å². The molecule has 1 aliphatic heterocycles. The highest BCUT2D eigenvalue weighted by atomic mass is 32.1. The van der Waals surface area contributed by atoms with Crippen molar-refractivity contribution in [2.24, 2.45) is 5.92 Å². The quantitative estimate of drug-likeness (QED) is 0.574. The minimum absolute atomic E-state index is 0.614. The van der Waals surface area contributed by atoms with Gasteiger partial charge in [-0.05, 0) is 50.5 Å². The number of anilines is 1. The average Bonchev–Trinajstić information content (AvgIpc) is 3.47. The fourth-order valence-corrected chi connectivity index (χ4v) is 5.17. The summed E-state index contributed by atoms with van der Waals surface area (Å²) in [5, 5.41) is 1.14. The van der Waals surface area contributed by atoms with E-state index in [2.05, 4.69) is 48.0 Å². The van der Waals surface area contributed by atoms with Crippen molar-refractivity contribution in [1.82, 2.24) is 15.0 Å². The summed E-state index contributed by atoms with van der Waals surface area (Å²) in [4.78, 5) is 17.9. The number of nitrogens with zero attached hydrogens (tertiary/aromatic N) is 4. The highest BCUT2D eigenvalue weighted by Gasteiger charge is 2.30. The van der Waals surface area contributed by atoms with Crippen LogP contribution in [0.1, 0.15) is 49.7 Å². The Hall–Kier alpha value is -2.27. The van der Waals surface area contributed by atoms with E-state index < -0.39 is 0 Å². The number of hydrogen-bond acceptors (Lipinski definition) is 5. The smallest absolute Gasteiger partial charge is 0.186 e. The van der Waals surface area contributed by atoms with Gasteiger partial charge in [-0.15, -0.1) is 0 Å². The third-order valence-electron chi connectivity index (χ3n) is 5.93. The Morgan fingerprint density at radius 3 is 2.64 bits per heavy atom. The van der Waals surface area contributed by atoms with Gasteiger partial charge in [0.2, 0.25) is 0 Å². The fourth-order valence-electron chi connectivity index (χ4n) is 4.02. The molecule has 0 atom stereocenters. The number of thiazole rings is 1. The van der Waals surface area contributed by atoms with Gasteiger partial charge in [0.25, 0.3) is 0 Å². The summed E-state index contributed by atoms with van der Waals surface area (Å²) < 4.78 is 0. The van der Waals surface area contributed by atoms with E-state index in [1.807, 2.05) is 6.20 Å². The molecule has 1 saturated carbocycles. The molecule has 0 amide bonds. The fraction of sp³-hybridized carbons (Fsp3) is 0.435. The Kier molecular flexibility index (Phi) is 4.63. The molecular formula is C23H26N4S. The van der Waals surface area contributed by atoms with Crippen molar-refractivity contribution < 1.29 is 0 Å². The molecule has 5 rings (SSSR count). The van der Waals surface area contributed by atoms with E-state index in [0.29, 0.717) is 5.92 Å². The van der Waals surface area contributed by atoms with Crippen LogP contribution in [-0.4, -0.2) is 28.0 Å². The first-order valence-corrected chi connectivity index (χ1v) is 11.1. The Morgan fingerprint density at radius 2 is 1.89 bits per heavy atom. The molecule has 1 saturated heterocycles. The van der Waals surface area contributed by atoms with E-state index in [0.717, 1.165) is 35.5 Å². The zero-order chi connectivity index (χ0) is 19.1. The molecule has 3 heterocycles. The van der Waals surface area contributed by atoms with Crippen LogP contribution in [0.3, 0.4) is 0 Å². The van der Waals surface area contributed by atoms with Crippen LogP contribution >= 0.6 is 11.3 Å². The van der Waals surface area contributed by atoms with Crippen molar-refractivity contribution in [1.29, 1.82) is 0 Å². The second kappa shape index (κ2) is 7.28. The van der Waals surface area contributed by atoms with E-state index in [4.69, 9.17) is 9.97 Å². The molecule has 2 aliphatic rings. The number of hydrogen-bond donors (Lipinski definition) is 0. The summed E-state index contributed by atoms with van der Waals surface area (Å²) in [6, 6.07) is 8.67. The lowest BCUT2D eigenvalue weighted by molar-refractivity contribution is 0.438. The van der Waals surface area contributed by atoms with Crippen LogP contribution in [0.25, 0.3) is 21.8 Å². The van der Waals surface area contributed by atoms with Crippen molar-refractivity contribution in [3.8, 4) is 21.8 Å². The lowest BCUT2D eigenvalue weighted by atomic mass is 10.00. The average molecular weight is 391 g/mol. The lowest BCUT2D eigenvalue weighted by Crippen LogP contribution is -2.32. The zero-order valence-electron chi connectivity index (χ0n) is 16.6. The Morgan fingerprint density at radius 1 is 1.07 bits per heavy atom. The molecule has 0 spiro atoms. The summed E-state index contributed by atoms with van der Waals surface area (Å²) in [5.74, 6) is 1.43. The van der Waals surface area contributed by atoms with E-state index in [9.17, 15) is 0 Å². The van der Waals surface area contributed by atoms with Gasteiger partial charge in [-0.25, -0.2) is 15.0 Å². The standard InChI is InChI=1S/C23H26N4S/c1-15-8-10-27(11-9-15)23-26-20(18-5-3-4-16(2)12-18)22(28-23)21-19(17-6-7-17)13-24-14-25-21/h3-5,12-15,17H,6-11H2,1-2H3. The minimum Gasteiger partial charge on any atom is -0.348 e. The van der Waals surface area contributed by atoms with Gasteiger partial charge in [0.1, 0.15) is 6.33 Å². The van der Waals surface area contributed by atoms with Crippen LogP contribution in [0, 0.1) is 12.8 Å². The van der Waals surface area contributed by atoms with E-state index >= 15 is 0 Å². The van der Waals surface area contributed by atoms with Crippen molar-refractivity contribution in [3.63, 3.8) is 0 Å². The lowest BCUT2D eigenvalue weighted by Gasteiger charge is -2.29. The van der Waals surface area contributed by atoms with E-state index in [-0.39, 0.29) is 0 Å². The van der Waals surface area contributed by atoms with Crippen LogP contribution in [0.2, 0.25) is 0 Å². The maximum absolute atomic E-state index is 5.15. The minimum atomic E-state index is 0.614. The number of aromatic nitrogens is 3. The normalized spacial score (nSPS) is 17.9. The van der Waals surface area contributed by atoms with Gasteiger partial charge in [-0.1, -0.05) is 42.0 Å². The third-order valence-corrected chi connectivity index (χ3v) is 7.06. The number of benzene rings is 1. The second-order valence-corrected chi connectivity index (χ2v) is 9.29. The summed E-state index contributed by atoms with van der Waals surface area (Å²) >= 11 is 1.80. The van der Waals surface area contributed by atoms with Gasteiger partial charge in [0, 0.05) is 30.4 Å². The molecule has 2 aromatic heterocycles. The molecule has 1 aromatic carbocycles. The summed E-state index contributed by atoms with van der Waals surface area (Å²) in [6.07, 6.45) is 8.68. The Balaban J connectivity index is 1.62. The monoisotopic (exact) mass is 390 g/mol. The predicted octanol–water partition coefficient (Wildman–Crippen LogP) is 5.69. The molecule has 144 valence electrons. The molecule has 3 aromatic rings. The molecule has 4 nitrogen and oxygen atoms in total.